The molecule has 0 radical (unpaired) electrons. The molecule has 34 heavy (non-hydrogen) atoms. The summed E-state index contributed by atoms with van der Waals surface area (Å²) in [6.07, 6.45) is 3.46. The highest BCUT2D eigenvalue weighted by Gasteiger charge is 2.46. The summed E-state index contributed by atoms with van der Waals surface area (Å²) >= 11 is 0. The number of morpholine rings is 1. The van der Waals surface area contributed by atoms with Crippen LogP contribution in [0.4, 0.5) is 0 Å². The van der Waals surface area contributed by atoms with E-state index in [4.69, 9.17) is 4.74 Å². The molecular weight excluding hydrogens is 458 g/mol. The summed E-state index contributed by atoms with van der Waals surface area (Å²) in [6, 6.07) is 5.94. The second-order valence-electron chi connectivity index (χ2n) is 9.43. The second-order valence-corrected chi connectivity index (χ2v) is 11.4. The average molecular weight is 492 g/mol. The molecule has 0 spiro atoms. The number of carbonyl (C=O) groups is 3. The van der Waals surface area contributed by atoms with Crippen LogP contribution in [0.15, 0.2) is 29.2 Å². The Morgan fingerprint density at radius 1 is 0.882 bits per heavy atom. The Hall–Kier alpha value is -2.30. The summed E-state index contributed by atoms with van der Waals surface area (Å²) in [5.41, 5.74) is -0.221. The van der Waals surface area contributed by atoms with E-state index in [1.54, 1.807) is 9.80 Å². The van der Waals surface area contributed by atoms with Gasteiger partial charge < -0.3 is 14.5 Å². The first kappa shape index (κ1) is 24.8. The molecule has 186 valence electrons. The fourth-order valence-corrected chi connectivity index (χ4v) is 6.63. The molecule has 4 rings (SSSR count). The van der Waals surface area contributed by atoms with Gasteiger partial charge in [-0.05, 0) is 31.9 Å². The third-order valence-electron chi connectivity index (χ3n) is 7.29. The standard InChI is InChI=1S/C24H33N3O6S/c1-19(28)20-4-6-21(7-5-20)34(31,32)27-12-10-26(11-13-27)23(30)24(8-2-3-9-24)18-22(29)25-14-16-33-17-15-25/h4-7H,2-3,8-18H2,1H3. The maximum absolute atomic E-state index is 13.6. The van der Waals surface area contributed by atoms with Crippen molar-refractivity contribution in [2.24, 2.45) is 5.41 Å². The van der Waals surface area contributed by atoms with Crippen molar-refractivity contribution in [1.82, 2.24) is 14.1 Å². The monoisotopic (exact) mass is 491 g/mol. The first-order valence-corrected chi connectivity index (χ1v) is 13.4. The first-order chi connectivity index (χ1) is 16.2. The van der Waals surface area contributed by atoms with Crippen molar-refractivity contribution in [3.8, 4) is 0 Å². The SMILES string of the molecule is CC(=O)c1ccc(S(=O)(=O)N2CCN(C(=O)C3(CC(=O)N4CCOCC4)CCCC3)CC2)cc1. The van der Waals surface area contributed by atoms with Crippen LogP contribution >= 0.6 is 0 Å². The fraction of sp³-hybridized carbons (Fsp3) is 0.625. The van der Waals surface area contributed by atoms with E-state index in [0.717, 1.165) is 12.8 Å². The Morgan fingerprint density at radius 3 is 2.03 bits per heavy atom. The van der Waals surface area contributed by atoms with Crippen molar-refractivity contribution in [1.29, 1.82) is 0 Å². The van der Waals surface area contributed by atoms with Crippen LogP contribution in [0.25, 0.3) is 0 Å². The molecule has 2 amide bonds. The molecule has 0 bridgehead atoms. The van der Waals surface area contributed by atoms with Gasteiger partial charge in [0.1, 0.15) is 0 Å². The zero-order chi connectivity index (χ0) is 24.3. The number of amides is 2. The van der Waals surface area contributed by atoms with Crippen LogP contribution in [-0.4, -0.2) is 92.6 Å². The van der Waals surface area contributed by atoms with E-state index in [9.17, 15) is 22.8 Å². The van der Waals surface area contributed by atoms with E-state index < -0.39 is 15.4 Å². The number of nitrogens with zero attached hydrogens (tertiary/aromatic N) is 3. The summed E-state index contributed by atoms with van der Waals surface area (Å²) in [7, 11) is -3.71. The predicted molar refractivity (Wildman–Crippen MR) is 125 cm³/mol. The molecule has 1 aromatic carbocycles. The maximum atomic E-state index is 13.6. The van der Waals surface area contributed by atoms with E-state index in [0.29, 0.717) is 57.8 Å². The zero-order valence-corrected chi connectivity index (χ0v) is 20.5. The lowest BCUT2D eigenvalue weighted by molar-refractivity contribution is -0.150. The molecule has 3 fully saturated rings. The molecule has 2 heterocycles. The number of piperazine rings is 1. The number of sulfonamides is 1. The molecule has 1 aliphatic carbocycles. The minimum atomic E-state index is -3.71. The Morgan fingerprint density at radius 2 is 1.47 bits per heavy atom. The smallest absolute Gasteiger partial charge is 0.243 e. The van der Waals surface area contributed by atoms with Crippen molar-refractivity contribution in [2.75, 3.05) is 52.5 Å². The number of rotatable bonds is 6. The lowest BCUT2D eigenvalue weighted by Crippen LogP contribution is -2.54. The summed E-state index contributed by atoms with van der Waals surface area (Å²) in [6.45, 7) is 4.63. The summed E-state index contributed by atoms with van der Waals surface area (Å²) in [5.74, 6) is -0.132. The molecule has 1 aromatic rings. The zero-order valence-electron chi connectivity index (χ0n) is 19.7. The Bertz CT molecular complexity index is 1020. The molecule has 0 unspecified atom stereocenters. The number of Topliss-reactive ketones (excluding diaryl/α,β-unsaturated/α-hetero) is 1. The third kappa shape index (κ3) is 5.04. The summed E-state index contributed by atoms with van der Waals surface area (Å²) in [4.78, 5) is 41.7. The predicted octanol–water partition coefficient (Wildman–Crippen LogP) is 1.53. The quantitative estimate of drug-likeness (QED) is 0.559. The number of ether oxygens (including phenoxy) is 1. The van der Waals surface area contributed by atoms with Crippen LogP contribution in [0.1, 0.15) is 49.4 Å². The molecule has 2 aliphatic heterocycles. The van der Waals surface area contributed by atoms with E-state index in [1.807, 2.05) is 0 Å². The molecule has 1 saturated carbocycles. The highest BCUT2D eigenvalue weighted by molar-refractivity contribution is 7.89. The van der Waals surface area contributed by atoms with Crippen molar-refractivity contribution in [2.45, 2.75) is 43.9 Å². The third-order valence-corrected chi connectivity index (χ3v) is 9.21. The molecular formula is C24H33N3O6S. The van der Waals surface area contributed by atoms with Gasteiger partial charge in [0.2, 0.25) is 21.8 Å². The highest BCUT2D eigenvalue weighted by Crippen LogP contribution is 2.43. The second kappa shape index (κ2) is 10.1. The topological polar surface area (TPSA) is 104 Å². The number of benzene rings is 1. The normalized spacial score (nSPS) is 21.4. The summed E-state index contributed by atoms with van der Waals surface area (Å²) in [5, 5.41) is 0. The molecule has 10 heteroatoms. The van der Waals surface area contributed by atoms with Crippen LogP contribution in [0.3, 0.4) is 0 Å². The van der Waals surface area contributed by atoms with Gasteiger partial charge in [0.05, 0.1) is 23.5 Å². The van der Waals surface area contributed by atoms with Gasteiger partial charge >= 0.3 is 0 Å². The van der Waals surface area contributed by atoms with Gasteiger partial charge in [0.15, 0.2) is 5.78 Å². The number of hydrogen-bond acceptors (Lipinski definition) is 6. The van der Waals surface area contributed by atoms with Crippen LogP contribution < -0.4 is 0 Å². The number of ketones is 1. The minimum Gasteiger partial charge on any atom is -0.378 e. The van der Waals surface area contributed by atoms with E-state index in [2.05, 4.69) is 0 Å². The van der Waals surface area contributed by atoms with Crippen molar-refractivity contribution in [3.63, 3.8) is 0 Å². The van der Waals surface area contributed by atoms with Gasteiger partial charge in [-0.1, -0.05) is 25.0 Å². The molecule has 0 N–H and O–H groups in total. The van der Waals surface area contributed by atoms with Crippen molar-refractivity contribution >= 4 is 27.6 Å². The molecule has 0 atom stereocenters. The van der Waals surface area contributed by atoms with Crippen LogP contribution in [0, 0.1) is 5.41 Å². The largest absolute Gasteiger partial charge is 0.378 e. The molecule has 9 nitrogen and oxygen atoms in total. The highest BCUT2D eigenvalue weighted by atomic mass is 32.2. The fourth-order valence-electron chi connectivity index (χ4n) is 5.21. The Labute approximate surface area is 201 Å². The maximum Gasteiger partial charge on any atom is 0.243 e. The van der Waals surface area contributed by atoms with Crippen LogP contribution in [-0.2, 0) is 24.3 Å². The number of carbonyl (C=O) groups excluding carboxylic acids is 3. The number of hydrogen-bond donors (Lipinski definition) is 0. The van der Waals surface area contributed by atoms with Crippen molar-refractivity contribution < 1.29 is 27.5 Å². The van der Waals surface area contributed by atoms with Gasteiger partial charge in [-0.3, -0.25) is 14.4 Å². The van der Waals surface area contributed by atoms with Gasteiger partial charge in [0.25, 0.3) is 0 Å². The Kier molecular flexibility index (Phi) is 7.39. The lowest BCUT2D eigenvalue weighted by Gasteiger charge is -2.40. The molecule has 3 aliphatic rings. The minimum absolute atomic E-state index is 0.00812. The van der Waals surface area contributed by atoms with Gasteiger partial charge in [-0.25, -0.2) is 8.42 Å². The molecule has 2 saturated heterocycles. The van der Waals surface area contributed by atoms with Crippen LogP contribution in [0.5, 0.6) is 0 Å². The van der Waals surface area contributed by atoms with Gasteiger partial charge in [-0.15, -0.1) is 0 Å². The van der Waals surface area contributed by atoms with Crippen LogP contribution in [0.2, 0.25) is 0 Å². The van der Waals surface area contributed by atoms with E-state index in [1.165, 1.54) is 35.5 Å². The first-order valence-electron chi connectivity index (χ1n) is 12.0. The van der Waals surface area contributed by atoms with E-state index in [-0.39, 0.29) is 42.0 Å². The van der Waals surface area contributed by atoms with Gasteiger partial charge in [0, 0.05) is 51.3 Å². The van der Waals surface area contributed by atoms with E-state index >= 15 is 0 Å². The van der Waals surface area contributed by atoms with Crippen molar-refractivity contribution in [3.05, 3.63) is 29.8 Å². The average Bonchev–Trinajstić information content (AvgIpc) is 3.33. The molecule has 0 aromatic heterocycles. The lowest BCUT2D eigenvalue weighted by atomic mass is 9.80. The van der Waals surface area contributed by atoms with Gasteiger partial charge in [-0.2, -0.15) is 4.31 Å². The summed E-state index contributed by atoms with van der Waals surface area (Å²) < 4.78 is 32.8. The Balaban J connectivity index is 1.40.